The Bertz CT molecular complexity index is 495. The number of aromatic nitrogens is 1. The standard InChI is InChI=1S/C13H17NO3S/c1-18-7-6-17-13(16)10-8-9-4-2-3-5-11(9)14-12(10)15/h8H,2-7H2,1H3,(H,14,15). The molecule has 0 atom stereocenters. The molecular formula is C13H17NO3S. The zero-order valence-electron chi connectivity index (χ0n) is 10.5. The van der Waals surface area contributed by atoms with Gasteiger partial charge in [-0.15, -0.1) is 0 Å². The summed E-state index contributed by atoms with van der Waals surface area (Å²) in [4.78, 5) is 26.4. The Hall–Kier alpha value is -1.23. The number of carbonyl (C=O) groups excluding carboxylic acids is 1. The average Bonchev–Trinajstić information content (AvgIpc) is 2.38. The molecule has 0 amide bonds. The van der Waals surface area contributed by atoms with Gasteiger partial charge in [0.15, 0.2) is 0 Å². The van der Waals surface area contributed by atoms with Crippen molar-refractivity contribution >= 4 is 17.7 Å². The number of rotatable bonds is 4. The molecule has 1 aliphatic carbocycles. The second kappa shape index (κ2) is 6.09. The number of fused-ring (bicyclic) bond motifs is 1. The summed E-state index contributed by atoms with van der Waals surface area (Å²) in [6.07, 6.45) is 5.98. The van der Waals surface area contributed by atoms with E-state index in [-0.39, 0.29) is 11.1 Å². The van der Waals surface area contributed by atoms with Crippen LogP contribution in [0.4, 0.5) is 0 Å². The third-order valence-electron chi connectivity index (χ3n) is 3.08. The number of ether oxygens (including phenoxy) is 1. The monoisotopic (exact) mass is 267 g/mol. The lowest BCUT2D eigenvalue weighted by Crippen LogP contribution is -2.24. The molecule has 0 unspecified atom stereocenters. The largest absolute Gasteiger partial charge is 0.461 e. The van der Waals surface area contributed by atoms with Crippen molar-refractivity contribution in [3.8, 4) is 0 Å². The first-order valence-corrected chi connectivity index (χ1v) is 7.53. The zero-order valence-corrected chi connectivity index (χ0v) is 11.3. The van der Waals surface area contributed by atoms with Crippen molar-refractivity contribution in [1.29, 1.82) is 0 Å². The van der Waals surface area contributed by atoms with Gasteiger partial charge >= 0.3 is 5.97 Å². The molecule has 1 N–H and O–H groups in total. The van der Waals surface area contributed by atoms with E-state index in [0.717, 1.165) is 42.7 Å². The molecule has 0 saturated heterocycles. The molecule has 1 aromatic rings. The molecular weight excluding hydrogens is 250 g/mol. The number of pyridine rings is 1. The van der Waals surface area contributed by atoms with E-state index in [9.17, 15) is 9.59 Å². The maximum Gasteiger partial charge on any atom is 0.343 e. The molecule has 0 radical (unpaired) electrons. The van der Waals surface area contributed by atoms with Gasteiger partial charge in [-0.25, -0.2) is 4.79 Å². The van der Waals surface area contributed by atoms with Crippen molar-refractivity contribution in [3.05, 3.63) is 33.2 Å². The first kappa shape index (κ1) is 13.2. The van der Waals surface area contributed by atoms with Crippen molar-refractivity contribution in [2.45, 2.75) is 25.7 Å². The molecule has 4 nitrogen and oxygen atoms in total. The summed E-state index contributed by atoms with van der Waals surface area (Å²) in [6.45, 7) is 0.344. The first-order chi connectivity index (χ1) is 8.72. The van der Waals surface area contributed by atoms with Gasteiger partial charge in [-0.3, -0.25) is 4.79 Å². The number of aromatic amines is 1. The zero-order chi connectivity index (χ0) is 13.0. The number of esters is 1. The summed E-state index contributed by atoms with van der Waals surface area (Å²) in [5, 5.41) is 0. The molecule has 1 heterocycles. The van der Waals surface area contributed by atoms with Crippen LogP contribution in [-0.4, -0.2) is 29.6 Å². The Morgan fingerprint density at radius 2 is 2.22 bits per heavy atom. The highest BCUT2D eigenvalue weighted by Crippen LogP contribution is 2.18. The fraction of sp³-hybridized carbons (Fsp3) is 0.538. The Kier molecular flexibility index (Phi) is 4.47. The van der Waals surface area contributed by atoms with E-state index in [4.69, 9.17) is 4.74 Å². The summed E-state index contributed by atoms with van der Waals surface area (Å²) < 4.78 is 5.06. The Labute approximate surface area is 110 Å². The molecule has 1 aromatic heterocycles. The second-order valence-electron chi connectivity index (χ2n) is 4.35. The van der Waals surface area contributed by atoms with Crippen LogP contribution >= 0.6 is 11.8 Å². The van der Waals surface area contributed by atoms with Gasteiger partial charge in [-0.05, 0) is 43.6 Å². The highest BCUT2D eigenvalue weighted by molar-refractivity contribution is 7.98. The summed E-state index contributed by atoms with van der Waals surface area (Å²) >= 11 is 1.60. The highest BCUT2D eigenvalue weighted by atomic mass is 32.2. The van der Waals surface area contributed by atoms with E-state index >= 15 is 0 Å². The first-order valence-electron chi connectivity index (χ1n) is 6.13. The van der Waals surface area contributed by atoms with Gasteiger partial charge in [0.1, 0.15) is 12.2 Å². The molecule has 0 fully saturated rings. The van der Waals surface area contributed by atoms with Crippen molar-refractivity contribution in [2.75, 3.05) is 18.6 Å². The van der Waals surface area contributed by atoms with Crippen LogP contribution in [0.1, 0.15) is 34.5 Å². The predicted molar refractivity (Wildman–Crippen MR) is 72.4 cm³/mol. The van der Waals surface area contributed by atoms with Crippen LogP contribution in [0.2, 0.25) is 0 Å². The van der Waals surface area contributed by atoms with Crippen molar-refractivity contribution in [3.63, 3.8) is 0 Å². The van der Waals surface area contributed by atoms with Gasteiger partial charge in [-0.1, -0.05) is 0 Å². The summed E-state index contributed by atoms with van der Waals surface area (Å²) in [7, 11) is 0. The quantitative estimate of drug-likeness (QED) is 0.667. The Morgan fingerprint density at radius 3 is 3.00 bits per heavy atom. The van der Waals surface area contributed by atoms with E-state index in [1.54, 1.807) is 17.8 Å². The topological polar surface area (TPSA) is 59.2 Å². The maximum absolute atomic E-state index is 11.8. The third kappa shape index (κ3) is 2.96. The van der Waals surface area contributed by atoms with Crippen molar-refractivity contribution in [2.24, 2.45) is 0 Å². The summed E-state index contributed by atoms with van der Waals surface area (Å²) in [5.41, 5.74) is 1.87. The average molecular weight is 267 g/mol. The van der Waals surface area contributed by atoms with E-state index in [0.29, 0.717) is 6.61 Å². The minimum atomic E-state index is -0.515. The number of aryl methyl sites for hydroxylation is 2. The number of carbonyl (C=O) groups is 1. The van der Waals surface area contributed by atoms with Gasteiger partial charge in [-0.2, -0.15) is 11.8 Å². The smallest absolute Gasteiger partial charge is 0.343 e. The minimum absolute atomic E-state index is 0.136. The molecule has 98 valence electrons. The van der Waals surface area contributed by atoms with Gasteiger partial charge in [0.2, 0.25) is 0 Å². The molecule has 0 aliphatic heterocycles. The second-order valence-corrected chi connectivity index (χ2v) is 5.34. The van der Waals surface area contributed by atoms with Crippen LogP contribution in [0.3, 0.4) is 0 Å². The van der Waals surface area contributed by atoms with E-state index in [1.165, 1.54) is 0 Å². The van der Waals surface area contributed by atoms with Crippen LogP contribution in [0.15, 0.2) is 10.9 Å². The van der Waals surface area contributed by atoms with Crippen LogP contribution in [0, 0.1) is 0 Å². The van der Waals surface area contributed by atoms with Gasteiger partial charge in [0.25, 0.3) is 5.56 Å². The lowest BCUT2D eigenvalue weighted by molar-refractivity contribution is 0.0528. The normalized spacial score (nSPS) is 14.1. The van der Waals surface area contributed by atoms with Gasteiger partial charge in [0.05, 0.1) is 0 Å². The number of hydrogen-bond acceptors (Lipinski definition) is 4. The maximum atomic E-state index is 11.8. The van der Waals surface area contributed by atoms with Crippen LogP contribution in [0.25, 0.3) is 0 Å². The predicted octanol–water partition coefficient (Wildman–Crippen LogP) is 1.77. The number of thioether (sulfide) groups is 1. The molecule has 18 heavy (non-hydrogen) atoms. The van der Waals surface area contributed by atoms with E-state index in [2.05, 4.69) is 4.98 Å². The van der Waals surface area contributed by atoms with Gasteiger partial charge < -0.3 is 9.72 Å². The fourth-order valence-corrected chi connectivity index (χ4v) is 2.37. The third-order valence-corrected chi connectivity index (χ3v) is 3.65. The Morgan fingerprint density at radius 1 is 1.44 bits per heavy atom. The highest BCUT2D eigenvalue weighted by Gasteiger charge is 2.17. The summed E-state index contributed by atoms with van der Waals surface area (Å²) in [6, 6.07) is 1.70. The van der Waals surface area contributed by atoms with Gasteiger partial charge in [0, 0.05) is 11.4 Å². The number of nitrogens with one attached hydrogen (secondary N) is 1. The molecule has 0 aromatic carbocycles. The molecule has 1 aliphatic rings. The number of hydrogen-bond donors (Lipinski definition) is 1. The van der Waals surface area contributed by atoms with Crippen molar-refractivity contribution in [1.82, 2.24) is 4.98 Å². The van der Waals surface area contributed by atoms with Crippen LogP contribution < -0.4 is 5.56 Å². The molecule has 2 rings (SSSR count). The molecule has 5 heteroatoms. The minimum Gasteiger partial charge on any atom is -0.461 e. The molecule has 0 bridgehead atoms. The lowest BCUT2D eigenvalue weighted by atomic mass is 9.95. The van der Waals surface area contributed by atoms with Crippen molar-refractivity contribution < 1.29 is 9.53 Å². The molecule has 0 spiro atoms. The fourth-order valence-electron chi connectivity index (χ4n) is 2.12. The SMILES string of the molecule is CSCCOC(=O)c1cc2c([nH]c1=O)CCCC2. The van der Waals surface area contributed by atoms with E-state index < -0.39 is 5.97 Å². The molecule has 0 saturated carbocycles. The van der Waals surface area contributed by atoms with Crippen LogP contribution in [0.5, 0.6) is 0 Å². The lowest BCUT2D eigenvalue weighted by Gasteiger charge is -2.15. The number of H-pyrrole nitrogens is 1. The van der Waals surface area contributed by atoms with Crippen LogP contribution in [-0.2, 0) is 17.6 Å². The summed E-state index contributed by atoms with van der Waals surface area (Å²) in [5.74, 6) is 0.230. The Balaban J connectivity index is 2.17. The van der Waals surface area contributed by atoms with E-state index in [1.807, 2.05) is 6.26 Å².